The summed E-state index contributed by atoms with van der Waals surface area (Å²) >= 11 is 0. The third-order valence-electron chi connectivity index (χ3n) is 3.16. The third kappa shape index (κ3) is 8.83. The second-order valence-corrected chi connectivity index (χ2v) is 7.15. The van der Waals surface area contributed by atoms with E-state index in [2.05, 4.69) is 21.8 Å². The van der Waals surface area contributed by atoms with Gasteiger partial charge in [0.15, 0.2) is 0 Å². The van der Waals surface area contributed by atoms with Crippen molar-refractivity contribution in [1.29, 1.82) is 0 Å². The number of benzene rings is 1. The first-order chi connectivity index (χ1) is 10.0. The summed E-state index contributed by atoms with van der Waals surface area (Å²) in [6.45, 7) is 2.21. The fraction of sp³-hybridized carbons (Fsp3) is 0.600. The Morgan fingerprint density at radius 1 is 1.14 bits per heavy atom. The monoisotopic (exact) mass is 314 g/mol. The molecule has 0 amide bonds. The lowest BCUT2D eigenvalue weighted by atomic mass is 10.2. The minimum absolute atomic E-state index is 0.0415. The smallest absolute Gasteiger partial charge is 0.211 e. The summed E-state index contributed by atoms with van der Waals surface area (Å²) in [6, 6.07) is 10.2. The maximum Gasteiger partial charge on any atom is 0.211 e. The Morgan fingerprint density at radius 2 is 1.86 bits per heavy atom. The highest BCUT2D eigenvalue weighted by atomic mass is 32.2. The SMILES string of the molecule is CN(CCCNS(=O)(=O)CCCCO)Cc1ccccc1. The first-order valence-electron chi connectivity index (χ1n) is 7.34. The number of hydrogen-bond acceptors (Lipinski definition) is 4. The molecule has 0 bridgehead atoms. The van der Waals surface area contributed by atoms with Crippen molar-refractivity contribution >= 4 is 10.0 Å². The van der Waals surface area contributed by atoms with E-state index in [0.29, 0.717) is 19.4 Å². The highest BCUT2D eigenvalue weighted by molar-refractivity contribution is 7.89. The van der Waals surface area contributed by atoms with Crippen molar-refractivity contribution in [1.82, 2.24) is 9.62 Å². The fourth-order valence-electron chi connectivity index (χ4n) is 2.03. The topological polar surface area (TPSA) is 69.6 Å². The molecule has 0 unspecified atom stereocenters. The van der Waals surface area contributed by atoms with Crippen molar-refractivity contribution in [2.24, 2.45) is 0 Å². The van der Waals surface area contributed by atoms with Crippen LogP contribution >= 0.6 is 0 Å². The van der Waals surface area contributed by atoms with Crippen molar-refractivity contribution in [3.8, 4) is 0 Å². The van der Waals surface area contributed by atoms with Crippen LogP contribution in [0, 0.1) is 0 Å². The minimum Gasteiger partial charge on any atom is -0.396 e. The molecule has 6 heteroatoms. The summed E-state index contributed by atoms with van der Waals surface area (Å²) in [5.74, 6) is 0.0907. The zero-order valence-electron chi connectivity index (χ0n) is 12.7. The number of aliphatic hydroxyl groups is 1. The normalized spacial score (nSPS) is 12.0. The summed E-state index contributed by atoms with van der Waals surface area (Å²) in [5, 5.41) is 8.64. The molecule has 1 aromatic carbocycles. The van der Waals surface area contributed by atoms with Gasteiger partial charge >= 0.3 is 0 Å². The largest absolute Gasteiger partial charge is 0.396 e. The predicted octanol–water partition coefficient (Wildman–Crippen LogP) is 1.20. The van der Waals surface area contributed by atoms with Gasteiger partial charge in [0.2, 0.25) is 10.0 Å². The molecule has 120 valence electrons. The van der Waals surface area contributed by atoms with Gasteiger partial charge in [0.25, 0.3) is 0 Å². The van der Waals surface area contributed by atoms with E-state index in [4.69, 9.17) is 5.11 Å². The number of nitrogens with zero attached hydrogens (tertiary/aromatic N) is 1. The summed E-state index contributed by atoms with van der Waals surface area (Å²) in [5.41, 5.74) is 1.25. The average Bonchev–Trinajstić information content (AvgIpc) is 2.45. The molecule has 0 aliphatic carbocycles. The van der Waals surface area contributed by atoms with Crippen LogP contribution in [0.15, 0.2) is 30.3 Å². The number of hydrogen-bond donors (Lipinski definition) is 2. The molecule has 0 radical (unpaired) electrons. The molecule has 21 heavy (non-hydrogen) atoms. The second kappa shape index (κ2) is 9.89. The first-order valence-corrected chi connectivity index (χ1v) is 8.99. The van der Waals surface area contributed by atoms with Gasteiger partial charge in [0, 0.05) is 19.7 Å². The molecule has 0 fully saturated rings. The Hall–Kier alpha value is -0.950. The van der Waals surface area contributed by atoms with Crippen LogP contribution < -0.4 is 4.72 Å². The number of unbranched alkanes of at least 4 members (excludes halogenated alkanes) is 1. The van der Waals surface area contributed by atoms with Crippen molar-refractivity contribution in [3.05, 3.63) is 35.9 Å². The predicted molar refractivity (Wildman–Crippen MR) is 85.5 cm³/mol. The van der Waals surface area contributed by atoms with E-state index in [1.165, 1.54) is 5.56 Å². The summed E-state index contributed by atoms with van der Waals surface area (Å²) < 4.78 is 25.9. The van der Waals surface area contributed by atoms with Gasteiger partial charge in [-0.25, -0.2) is 13.1 Å². The standard InChI is InChI=1S/C15H26N2O3S/c1-17(14-15-8-3-2-4-9-15)11-7-10-16-21(19,20)13-6-5-12-18/h2-4,8-9,16,18H,5-7,10-14H2,1H3. The first kappa shape index (κ1) is 18.1. The number of nitrogens with one attached hydrogen (secondary N) is 1. The van der Waals surface area contributed by atoms with E-state index in [1.54, 1.807) is 0 Å². The molecule has 0 aromatic heterocycles. The highest BCUT2D eigenvalue weighted by Crippen LogP contribution is 2.02. The van der Waals surface area contributed by atoms with E-state index < -0.39 is 10.0 Å². The summed E-state index contributed by atoms with van der Waals surface area (Å²) in [6.07, 6.45) is 1.81. The van der Waals surface area contributed by atoms with Crippen molar-refractivity contribution in [3.63, 3.8) is 0 Å². The van der Waals surface area contributed by atoms with Crippen LogP contribution in [-0.2, 0) is 16.6 Å². The van der Waals surface area contributed by atoms with Gasteiger partial charge < -0.3 is 10.0 Å². The molecule has 0 aliphatic heterocycles. The molecule has 0 saturated carbocycles. The van der Waals surface area contributed by atoms with Gasteiger partial charge in [-0.15, -0.1) is 0 Å². The van der Waals surface area contributed by atoms with Crippen LogP contribution in [0.25, 0.3) is 0 Å². The van der Waals surface area contributed by atoms with E-state index in [1.807, 2.05) is 25.2 Å². The Labute approximate surface area is 128 Å². The lowest BCUT2D eigenvalue weighted by Crippen LogP contribution is -2.30. The van der Waals surface area contributed by atoms with Crippen molar-refractivity contribution in [2.75, 3.05) is 32.5 Å². The molecular weight excluding hydrogens is 288 g/mol. The third-order valence-corrected chi connectivity index (χ3v) is 4.63. The Bertz CT molecular complexity index is 477. The average molecular weight is 314 g/mol. The van der Waals surface area contributed by atoms with Gasteiger partial charge in [-0.3, -0.25) is 0 Å². The lowest BCUT2D eigenvalue weighted by Gasteiger charge is -2.16. The van der Waals surface area contributed by atoms with Gasteiger partial charge in [-0.1, -0.05) is 30.3 Å². The quantitative estimate of drug-likeness (QED) is 0.602. The molecule has 0 aliphatic rings. The second-order valence-electron chi connectivity index (χ2n) is 5.22. The zero-order chi connectivity index (χ0) is 15.6. The number of rotatable bonds is 11. The highest BCUT2D eigenvalue weighted by Gasteiger charge is 2.08. The van der Waals surface area contributed by atoms with Crippen LogP contribution in [0.4, 0.5) is 0 Å². The van der Waals surface area contributed by atoms with E-state index in [0.717, 1.165) is 19.5 Å². The Kier molecular flexibility index (Phi) is 8.52. The van der Waals surface area contributed by atoms with Crippen LogP contribution in [0.1, 0.15) is 24.8 Å². The van der Waals surface area contributed by atoms with Gasteiger partial charge in [0.1, 0.15) is 0 Å². The fourth-order valence-corrected chi connectivity index (χ4v) is 3.21. The van der Waals surface area contributed by atoms with Gasteiger partial charge in [-0.2, -0.15) is 0 Å². The van der Waals surface area contributed by atoms with E-state index in [-0.39, 0.29) is 12.4 Å². The van der Waals surface area contributed by atoms with Gasteiger partial charge in [0.05, 0.1) is 5.75 Å². The minimum atomic E-state index is -3.19. The van der Waals surface area contributed by atoms with Crippen LogP contribution in [-0.4, -0.2) is 50.9 Å². The van der Waals surface area contributed by atoms with E-state index in [9.17, 15) is 8.42 Å². The molecule has 5 nitrogen and oxygen atoms in total. The van der Waals surface area contributed by atoms with Crippen LogP contribution in [0.5, 0.6) is 0 Å². The molecule has 1 rings (SSSR count). The molecule has 0 saturated heterocycles. The lowest BCUT2D eigenvalue weighted by molar-refractivity contribution is 0.287. The zero-order valence-corrected chi connectivity index (χ0v) is 13.5. The molecular formula is C15H26N2O3S. The van der Waals surface area contributed by atoms with Crippen LogP contribution in [0.2, 0.25) is 0 Å². The molecule has 0 spiro atoms. The van der Waals surface area contributed by atoms with Crippen molar-refractivity contribution < 1.29 is 13.5 Å². The Balaban J connectivity index is 2.15. The maximum atomic E-state index is 11.6. The van der Waals surface area contributed by atoms with Gasteiger partial charge in [-0.05, 0) is 38.4 Å². The number of aliphatic hydroxyl groups excluding tert-OH is 1. The number of sulfonamides is 1. The summed E-state index contributed by atoms with van der Waals surface area (Å²) in [4.78, 5) is 2.18. The molecule has 0 atom stereocenters. The molecule has 1 aromatic rings. The van der Waals surface area contributed by atoms with Crippen LogP contribution in [0.3, 0.4) is 0 Å². The van der Waals surface area contributed by atoms with Crippen molar-refractivity contribution in [2.45, 2.75) is 25.8 Å². The summed E-state index contributed by atoms with van der Waals surface area (Å²) in [7, 11) is -1.16. The maximum absolute atomic E-state index is 11.6. The Morgan fingerprint density at radius 3 is 2.52 bits per heavy atom. The van der Waals surface area contributed by atoms with E-state index >= 15 is 0 Å². The molecule has 0 heterocycles. The molecule has 2 N–H and O–H groups in total.